The van der Waals surface area contributed by atoms with Crippen LogP contribution in [0.1, 0.15) is 24.9 Å². The van der Waals surface area contributed by atoms with E-state index in [2.05, 4.69) is 11.3 Å². The minimum Gasteiger partial charge on any atom is -0.461 e. The molecule has 2 atom stereocenters. The number of furan rings is 1. The monoisotopic (exact) mass is 354 g/mol. The van der Waals surface area contributed by atoms with Gasteiger partial charge in [-0.2, -0.15) is 0 Å². The van der Waals surface area contributed by atoms with Crippen LogP contribution in [-0.2, 0) is 41.7 Å². The molecule has 0 radical (unpaired) electrons. The van der Waals surface area contributed by atoms with Crippen LogP contribution < -0.4 is 0 Å². The second-order valence-corrected chi connectivity index (χ2v) is 5.37. The van der Waals surface area contributed by atoms with Crippen LogP contribution in [0.3, 0.4) is 0 Å². The standard InChI is InChI=1S/C17H22O8/c1-3-12(24-16(18)4-2)7-20-8-13-5-6-14(23-13)9-21-10-15-11-22-17(19)25-15/h4-6,12,15H,2-3,7-11H2,1H3. The zero-order chi connectivity index (χ0) is 18.1. The van der Waals surface area contributed by atoms with Crippen molar-refractivity contribution in [3.63, 3.8) is 0 Å². The molecule has 0 aliphatic carbocycles. The van der Waals surface area contributed by atoms with Crippen molar-refractivity contribution < 1.29 is 37.7 Å². The fourth-order valence-corrected chi connectivity index (χ4v) is 2.05. The Kier molecular flexibility index (Phi) is 7.49. The molecule has 1 aromatic heterocycles. The van der Waals surface area contributed by atoms with E-state index in [1.807, 2.05) is 6.92 Å². The average Bonchev–Trinajstić information content (AvgIpc) is 3.23. The first kappa shape index (κ1) is 19.0. The summed E-state index contributed by atoms with van der Waals surface area (Å²) in [7, 11) is 0. The molecule has 1 aliphatic heterocycles. The summed E-state index contributed by atoms with van der Waals surface area (Å²) in [5.41, 5.74) is 0. The highest BCUT2D eigenvalue weighted by Crippen LogP contribution is 2.13. The van der Waals surface area contributed by atoms with E-state index >= 15 is 0 Å². The molecule has 138 valence electrons. The van der Waals surface area contributed by atoms with Crippen LogP contribution in [0.25, 0.3) is 0 Å². The van der Waals surface area contributed by atoms with Gasteiger partial charge in [-0.25, -0.2) is 9.59 Å². The Morgan fingerprint density at radius 3 is 2.68 bits per heavy atom. The molecule has 1 fully saturated rings. The summed E-state index contributed by atoms with van der Waals surface area (Å²) in [5, 5.41) is 0. The molecule has 8 heteroatoms. The van der Waals surface area contributed by atoms with Crippen LogP contribution in [0.2, 0.25) is 0 Å². The molecule has 0 aromatic carbocycles. The van der Waals surface area contributed by atoms with E-state index in [1.54, 1.807) is 12.1 Å². The van der Waals surface area contributed by atoms with Gasteiger partial charge in [0.25, 0.3) is 0 Å². The minimum atomic E-state index is -0.671. The Bertz CT molecular complexity index is 579. The SMILES string of the molecule is C=CC(=O)OC(CC)COCc1ccc(COCC2COC(=O)O2)o1. The van der Waals surface area contributed by atoms with Crippen LogP contribution in [0.5, 0.6) is 0 Å². The summed E-state index contributed by atoms with van der Waals surface area (Å²) in [6.07, 6.45) is 0.399. The van der Waals surface area contributed by atoms with Gasteiger partial charge in [0.2, 0.25) is 0 Å². The molecule has 25 heavy (non-hydrogen) atoms. The van der Waals surface area contributed by atoms with Gasteiger partial charge in [-0.3, -0.25) is 0 Å². The average molecular weight is 354 g/mol. The Labute approximate surface area is 145 Å². The summed E-state index contributed by atoms with van der Waals surface area (Å²) in [4.78, 5) is 21.9. The molecule has 0 bridgehead atoms. The predicted molar refractivity (Wildman–Crippen MR) is 84.6 cm³/mol. The van der Waals surface area contributed by atoms with Crippen LogP contribution in [-0.4, -0.2) is 44.2 Å². The van der Waals surface area contributed by atoms with Crippen molar-refractivity contribution in [2.75, 3.05) is 19.8 Å². The predicted octanol–water partition coefficient (Wildman–Crippen LogP) is 2.36. The Morgan fingerprint density at radius 2 is 2.08 bits per heavy atom. The summed E-state index contributed by atoms with van der Waals surface area (Å²) in [6.45, 7) is 6.49. The largest absolute Gasteiger partial charge is 0.508 e. The van der Waals surface area contributed by atoms with Crippen molar-refractivity contribution in [2.24, 2.45) is 0 Å². The summed E-state index contributed by atoms with van der Waals surface area (Å²) >= 11 is 0. The summed E-state index contributed by atoms with van der Waals surface area (Å²) in [5.74, 6) is 0.805. The van der Waals surface area contributed by atoms with E-state index in [0.29, 0.717) is 17.9 Å². The van der Waals surface area contributed by atoms with Crippen LogP contribution in [0.15, 0.2) is 29.2 Å². The number of hydrogen-bond donors (Lipinski definition) is 0. The van der Waals surface area contributed by atoms with E-state index in [1.165, 1.54) is 0 Å². The molecule has 1 saturated heterocycles. The van der Waals surface area contributed by atoms with Crippen molar-refractivity contribution in [1.29, 1.82) is 0 Å². The molecule has 2 unspecified atom stereocenters. The first-order chi connectivity index (χ1) is 12.1. The molecule has 8 nitrogen and oxygen atoms in total. The van der Waals surface area contributed by atoms with Crippen molar-refractivity contribution in [1.82, 2.24) is 0 Å². The quantitative estimate of drug-likeness (QED) is 0.442. The van der Waals surface area contributed by atoms with E-state index in [-0.39, 0.29) is 45.2 Å². The lowest BCUT2D eigenvalue weighted by Crippen LogP contribution is -2.21. The highest BCUT2D eigenvalue weighted by atomic mass is 16.8. The fourth-order valence-electron chi connectivity index (χ4n) is 2.05. The maximum Gasteiger partial charge on any atom is 0.508 e. The molecule has 0 amide bonds. The minimum absolute atomic E-state index is 0.200. The second-order valence-electron chi connectivity index (χ2n) is 5.37. The van der Waals surface area contributed by atoms with Crippen LogP contribution >= 0.6 is 0 Å². The first-order valence-corrected chi connectivity index (χ1v) is 8.00. The number of esters is 1. The van der Waals surface area contributed by atoms with Crippen molar-refractivity contribution in [3.8, 4) is 0 Å². The number of rotatable bonds is 11. The lowest BCUT2D eigenvalue weighted by atomic mass is 10.3. The van der Waals surface area contributed by atoms with Gasteiger partial charge in [-0.1, -0.05) is 13.5 Å². The molecule has 0 spiro atoms. The number of ether oxygens (including phenoxy) is 5. The highest BCUT2D eigenvalue weighted by Gasteiger charge is 2.25. The molecule has 0 N–H and O–H groups in total. The van der Waals surface area contributed by atoms with Gasteiger partial charge < -0.3 is 28.1 Å². The third kappa shape index (κ3) is 6.60. The number of cyclic esters (lactones) is 2. The highest BCUT2D eigenvalue weighted by molar-refractivity contribution is 5.81. The summed E-state index contributed by atoms with van der Waals surface area (Å²) < 4.78 is 31.1. The molecule has 2 rings (SSSR count). The van der Waals surface area contributed by atoms with E-state index < -0.39 is 12.1 Å². The van der Waals surface area contributed by atoms with Crippen molar-refractivity contribution >= 4 is 12.1 Å². The molecule has 1 aromatic rings. The van der Waals surface area contributed by atoms with Gasteiger partial charge in [0.1, 0.15) is 37.4 Å². The van der Waals surface area contributed by atoms with Crippen molar-refractivity contribution in [3.05, 3.63) is 36.3 Å². The maximum absolute atomic E-state index is 11.2. The second kappa shape index (κ2) is 9.85. The smallest absolute Gasteiger partial charge is 0.461 e. The Balaban J connectivity index is 1.64. The zero-order valence-electron chi connectivity index (χ0n) is 14.1. The van der Waals surface area contributed by atoms with E-state index in [9.17, 15) is 9.59 Å². The number of hydrogen-bond acceptors (Lipinski definition) is 8. The third-order valence-electron chi connectivity index (χ3n) is 3.37. The Morgan fingerprint density at radius 1 is 1.36 bits per heavy atom. The van der Waals surface area contributed by atoms with Gasteiger partial charge in [0.05, 0.1) is 13.2 Å². The lowest BCUT2D eigenvalue weighted by molar-refractivity contribution is -0.146. The van der Waals surface area contributed by atoms with Gasteiger partial charge in [0, 0.05) is 6.08 Å². The third-order valence-corrected chi connectivity index (χ3v) is 3.37. The number of carbonyl (C=O) groups is 2. The molecule has 2 heterocycles. The van der Waals surface area contributed by atoms with Gasteiger partial charge in [-0.05, 0) is 18.6 Å². The molecular weight excluding hydrogens is 332 g/mol. The molecule has 1 aliphatic rings. The molecule has 0 saturated carbocycles. The molecular formula is C17H22O8. The number of carbonyl (C=O) groups excluding carboxylic acids is 2. The van der Waals surface area contributed by atoms with Crippen LogP contribution in [0.4, 0.5) is 4.79 Å². The van der Waals surface area contributed by atoms with E-state index in [0.717, 1.165) is 6.08 Å². The van der Waals surface area contributed by atoms with Gasteiger partial charge >= 0.3 is 12.1 Å². The van der Waals surface area contributed by atoms with Crippen molar-refractivity contribution in [2.45, 2.75) is 38.8 Å². The van der Waals surface area contributed by atoms with Crippen LogP contribution in [0, 0.1) is 0 Å². The normalized spacial score (nSPS) is 17.6. The maximum atomic E-state index is 11.2. The van der Waals surface area contributed by atoms with Gasteiger partial charge in [-0.15, -0.1) is 0 Å². The van der Waals surface area contributed by atoms with Gasteiger partial charge in [0.15, 0.2) is 6.10 Å². The Hall–Kier alpha value is -2.32. The first-order valence-electron chi connectivity index (χ1n) is 8.00. The topological polar surface area (TPSA) is 93.4 Å². The fraction of sp³-hybridized carbons (Fsp3) is 0.529. The lowest BCUT2D eigenvalue weighted by Gasteiger charge is -2.14. The van der Waals surface area contributed by atoms with E-state index in [4.69, 9.17) is 23.4 Å². The summed E-state index contributed by atoms with van der Waals surface area (Å²) in [6, 6.07) is 3.57. The zero-order valence-corrected chi connectivity index (χ0v) is 14.1.